The van der Waals surface area contributed by atoms with Crippen LogP contribution in [0.15, 0.2) is 24.3 Å². The molecule has 1 aliphatic carbocycles. The average Bonchev–Trinajstić information content (AvgIpc) is 2.94. The lowest BCUT2D eigenvalue weighted by atomic mass is 9.77. The Hall–Kier alpha value is -3.15. The van der Waals surface area contributed by atoms with Gasteiger partial charge < -0.3 is 10.6 Å². The van der Waals surface area contributed by atoms with E-state index in [4.69, 9.17) is 0 Å². The summed E-state index contributed by atoms with van der Waals surface area (Å²) in [7, 11) is 1.41. The predicted octanol–water partition coefficient (Wildman–Crippen LogP) is 2.11. The number of imide groups is 1. The van der Waals surface area contributed by atoms with Crippen molar-refractivity contribution in [2.24, 2.45) is 5.92 Å². The largest absolute Gasteiger partial charge is 0.418 e. The normalized spacial score (nSPS) is 23.1. The summed E-state index contributed by atoms with van der Waals surface area (Å²) in [6, 6.07) is 3.84. The molecule has 1 saturated heterocycles. The topological polar surface area (TPSA) is 111 Å². The molecular formula is C21H26F3N5O4. The molecule has 0 unspecified atom stereocenters. The molecule has 1 aromatic rings. The standard InChI is InChI=1S/C21H26F3N5O4/c1-13-7-9-20(10-8-13)18(32)29(19(33)26-20)27-17(31)12-28(2)11-16(30)25-15-6-4-3-5-14(15)21(22,23)24/h3-6,13H,7-12H2,1-2H3,(H,25,30)(H,26,33)(H,27,31). The van der Waals surface area contributed by atoms with Gasteiger partial charge in [0, 0.05) is 0 Å². The summed E-state index contributed by atoms with van der Waals surface area (Å²) >= 11 is 0. The molecule has 1 aromatic carbocycles. The number of carbonyl (C=O) groups is 4. The van der Waals surface area contributed by atoms with Gasteiger partial charge in [0.25, 0.3) is 11.8 Å². The highest BCUT2D eigenvalue weighted by Gasteiger charge is 2.52. The van der Waals surface area contributed by atoms with E-state index < -0.39 is 41.0 Å². The van der Waals surface area contributed by atoms with Gasteiger partial charge in [0.15, 0.2) is 0 Å². The Morgan fingerprint density at radius 2 is 1.76 bits per heavy atom. The van der Waals surface area contributed by atoms with Crippen molar-refractivity contribution in [1.29, 1.82) is 0 Å². The molecule has 33 heavy (non-hydrogen) atoms. The number of rotatable bonds is 6. The summed E-state index contributed by atoms with van der Waals surface area (Å²) in [5.41, 5.74) is -0.123. The van der Waals surface area contributed by atoms with Crippen LogP contribution in [-0.4, -0.2) is 59.3 Å². The van der Waals surface area contributed by atoms with Crippen LogP contribution < -0.4 is 16.1 Å². The summed E-state index contributed by atoms with van der Waals surface area (Å²) in [6.07, 6.45) is -2.09. The van der Waals surface area contributed by atoms with Crippen molar-refractivity contribution in [3.05, 3.63) is 29.8 Å². The summed E-state index contributed by atoms with van der Waals surface area (Å²) in [6.45, 7) is 1.32. The minimum Gasteiger partial charge on any atom is -0.324 e. The highest BCUT2D eigenvalue weighted by molar-refractivity contribution is 6.08. The van der Waals surface area contributed by atoms with Gasteiger partial charge >= 0.3 is 12.2 Å². The van der Waals surface area contributed by atoms with Crippen LogP contribution in [0.4, 0.5) is 23.7 Å². The van der Waals surface area contributed by atoms with E-state index in [-0.39, 0.29) is 18.8 Å². The number of nitrogens with zero attached hydrogens (tertiary/aromatic N) is 2. The number of para-hydroxylation sites is 1. The second kappa shape index (κ2) is 9.38. The summed E-state index contributed by atoms with van der Waals surface area (Å²) < 4.78 is 39.2. The first kappa shape index (κ1) is 24.5. The minimum absolute atomic E-state index is 0.366. The number of hydrogen-bond acceptors (Lipinski definition) is 5. The van der Waals surface area contributed by atoms with Crippen molar-refractivity contribution >= 4 is 29.4 Å². The third kappa shape index (κ3) is 5.62. The van der Waals surface area contributed by atoms with Crippen molar-refractivity contribution in [3.63, 3.8) is 0 Å². The monoisotopic (exact) mass is 469 g/mol. The van der Waals surface area contributed by atoms with Crippen molar-refractivity contribution in [2.75, 3.05) is 25.5 Å². The molecule has 1 saturated carbocycles. The maximum absolute atomic E-state index is 13.1. The first-order valence-electron chi connectivity index (χ1n) is 10.5. The Balaban J connectivity index is 1.53. The summed E-state index contributed by atoms with van der Waals surface area (Å²) in [4.78, 5) is 50.8. The highest BCUT2D eigenvalue weighted by atomic mass is 19.4. The number of hydrogen-bond donors (Lipinski definition) is 3. The number of alkyl halides is 3. The molecule has 2 fully saturated rings. The van der Waals surface area contributed by atoms with Gasteiger partial charge in [-0.2, -0.15) is 18.2 Å². The lowest BCUT2D eigenvalue weighted by Crippen LogP contribution is -2.52. The van der Waals surface area contributed by atoms with Gasteiger partial charge in [0.1, 0.15) is 5.54 Å². The number of likely N-dealkylation sites (N-methyl/N-ethyl adjacent to an activating group) is 1. The van der Waals surface area contributed by atoms with Gasteiger partial charge in [-0.25, -0.2) is 4.79 Å². The lowest BCUT2D eigenvalue weighted by molar-refractivity contribution is -0.140. The zero-order chi connectivity index (χ0) is 24.4. The van der Waals surface area contributed by atoms with Crippen molar-refractivity contribution in [1.82, 2.24) is 20.7 Å². The molecular weight excluding hydrogens is 443 g/mol. The van der Waals surface area contributed by atoms with Gasteiger partial charge in [0.2, 0.25) is 5.91 Å². The Morgan fingerprint density at radius 3 is 2.39 bits per heavy atom. The number of carbonyl (C=O) groups excluding carboxylic acids is 4. The minimum atomic E-state index is -4.63. The Labute approximate surface area is 188 Å². The fraction of sp³-hybridized carbons (Fsp3) is 0.524. The van der Waals surface area contributed by atoms with E-state index in [0.29, 0.717) is 23.8 Å². The van der Waals surface area contributed by atoms with Crippen LogP contribution in [0.2, 0.25) is 0 Å². The summed E-state index contributed by atoms with van der Waals surface area (Å²) in [5.74, 6) is -1.54. The molecule has 0 radical (unpaired) electrons. The third-order valence-electron chi connectivity index (χ3n) is 5.86. The lowest BCUT2D eigenvalue weighted by Gasteiger charge is -2.33. The average molecular weight is 469 g/mol. The number of anilines is 1. The molecule has 3 N–H and O–H groups in total. The van der Waals surface area contributed by atoms with Crippen LogP contribution >= 0.6 is 0 Å². The van der Waals surface area contributed by atoms with Crippen LogP contribution in [0.3, 0.4) is 0 Å². The van der Waals surface area contributed by atoms with E-state index in [0.717, 1.165) is 25.0 Å². The van der Waals surface area contributed by atoms with Crippen LogP contribution in [0.5, 0.6) is 0 Å². The number of urea groups is 1. The molecule has 1 spiro atoms. The van der Waals surface area contributed by atoms with E-state index in [1.165, 1.54) is 24.1 Å². The Bertz CT molecular complexity index is 944. The Morgan fingerprint density at radius 1 is 1.15 bits per heavy atom. The molecule has 5 amide bonds. The molecule has 12 heteroatoms. The second-order valence-corrected chi connectivity index (χ2v) is 8.63. The maximum atomic E-state index is 13.1. The number of hydrazine groups is 1. The quantitative estimate of drug-likeness (QED) is 0.553. The first-order valence-corrected chi connectivity index (χ1v) is 10.5. The molecule has 0 atom stereocenters. The number of amides is 5. The molecule has 0 aromatic heterocycles. The molecule has 3 rings (SSSR count). The molecule has 1 heterocycles. The van der Waals surface area contributed by atoms with Gasteiger partial charge in [-0.1, -0.05) is 19.1 Å². The van der Waals surface area contributed by atoms with Gasteiger partial charge in [0.05, 0.1) is 24.3 Å². The van der Waals surface area contributed by atoms with Crippen molar-refractivity contribution in [3.8, 4) is 0 Å². The SMILES string of the molecule is CC1CCC2(CC1)NC(=O)N(NC(=O)CN(C)CC(=O)Nc1ccccc1C(F)(F)F)C2=O. The van der Waals surface area contributed by atoms with E-state index in [9.17, 15) is 32.3 Å². The highest BCUT2D eigenvalue weighted by Crippen LogP contribution is 2.36. The van der Waals surface area contributed by atoms with Gasteiger partial charge in [-0.15, -0.1) is 0 Å². The van der Waals surface area contributed by atoms with E-state index >= 15 is 0 Å². The second-order valence-electron chi connectivity index (χ2n) is 8.63. The van der Waals surface area contributed by atoms with Crippen LogP contribution in [-0.2, 0) is 20.6 Å². The zero-order valence-corrected chi connectivity index (χ0v) is 18.3. The fourth-order valence-electron chi connectivity index (χ4n) is 4.05. The molecule has 2 aliphatic rings. The molecule has 9 nitrogen and oxygen atoms in total. The Kier molecular flexibility index (Phi) is 6.96. The number of benzene rings is 1. The first-order chi connectivity index (χ1) is 15.4. The maximum Gasteiger partial charge on any atom is 0.418 e. The molecule has 0 bridgehead atoms. The van der Waals surface area contributed by atoms with E-state index in [2.05, 4.69) is 23.0 Å². The van der Waals surface area contributed by atoms with Crippen molar-refractivity contribution in [2.45, 2.75) is 44.3 Å². The van der Waals surface area contributed by atoms with E-state index in [1.54, 1.807) is 0 Å². The van der Waals surface area contributed by atoms with Gasteiger partial charge in [-0.05, 0) is 50.8 Å². The van der Waals surface area contributed by atoms with Crippen LogP contribution in [0, 0.1) is 5.92 Å². The fourth-order valence-corrected chi connectivity index (χ4v) is 4.05. The molecule has 1 aliphatic heterocycles. The third-order valence-corrected chi connectivity index (χ3v) is 5.86. The number of halogens is 3. The summed E-state index contributed by atoms with van der Waals surface area (Å²) in [5, 5.41) is 5.53. The van der Waals surface area contributed by atoms with Crippen molar-refractivity contribution < 1.29 is 32.3 Å². The van der Waals surface area contributed by atoms with Crippen LogP contribution in [0.1, 0.15) is 38.2 Å². The zero-order valence-electron chi connectivity index (χ0n) is 18.3. The number of nitrogens with one attached hydrogen (secondary N) is 3. The smallest absolute Gasteiger partial charge is 0.324 e. The van der Waals surface area contributed by atoms with Gasteiger partial charge in [-0.3, -0.25) is 24.7 Å². The molecule has 180 valence electrons. The van der Waals surface area contributed by atoms with Crippen LogP contribution in [0.25, 0.3) is 0 Å². The predicted molar refractivity (Wildman–Crippen MR) is 111 cm³/mol. The van der Waals surface area contributed by atoms with E-state index in [1.807, 2.05) is 0 Å².